The fraction of sp³-hybridized carbons (Fsp3) is 0.333. The molecule has 2 aromatic rings. The van der Waals surface area contributed by atoms with Crippen molar-refractivity contribution in [1.29, 1.82) is 0 Å². The molecule has 98 valence electrons. The molecule has 0 fully saturated rings. The molecule has 0 bridgehead atoms. The normalized spacial score (nSPS) is 13.4. The van der Waals surface area contributed by atoms with Gasteiger partial charge in [0.1, 0.15) is 19.0 Å². The number of rotatable bonds is 2. The summed E-state index contributed by atoms with van der Waals surface area (Å²) in [7, 11) is 0. The number of ether oxygens (including phenoxy) is 2. The third-order valence-electron chi connectivity index (χ3n) is 3.09. The third-order valence-corrected chi connectivity index (χ3v) is 3.09. The first-order chi connectivity index (χ1) is 9.26. The molecule has 1 aromatic heterocycles. The van der Waals surface area contributed by atoms with Gasteiger partial charge in [0, 0.05) is 11.3 Å². The van der Waals surface area contributed by atoms with Crippen LogP contribution in [-0.4, -0.2) is 23.2 Å². The van der Waals surface area contributed by atoms with Crippen LogP contribution in [0.5, 0.6) is 11.5 Å². The number of benzene rings is 1. The molecule has 0 unspecified atom stereocenters. The van der Waals surface area contributed by atoms with Gasteiger partial charge in [-0.3, -0.25) is 0 Å². The third kappa shape index (κ3) is 2.38. The van der Waals surface area contributed by atoms with E-state index in [2.05, 4.69) is 16.9 Å². The molecule has 0 N–H and O–H groups in total. The largest absolute Gasteiger partial charge is 0.486 e. The lowest BCUT2D eigenvalue weighted by Crippen LogP contribution is -2.15. The second-order valence-electron chi connectivity index (χ2n) is 4.50. The monoisotopic (exact) mass is 256 g/mol. The van der Waals surface area contributed by atoms with Crippen molar-refractivity contribution >= 4 is 0 Å². The first kappa shape index (κ1) is 12.0. The highest BCUT2D eigenvalue weighted by Crippen LogP contribution is 2.34. The van der Waals surface area contributed by atoms with E-state index >= 15 is 0 Å². The molecule has 1 aliphatic rings. The fourth-order valence-electron chi connectivity index (χ4n) is 2.16. The van der Waals surface area contributed by atoms with Crippen LogP contribution in [0.4, 0.5) is 0 Å². The van der Waals surface area contributed by atoms with Gasteiger partial charge in [0.05, 0.1) is 5.69 Å². The molecule has 0 saturated carbocycles. The van der Waals surface area contributed by atoms with Crippen LogP contribution >= 0.6 is 0 Å². The van der Waals surface area contributed by atoms with Crippen LogP contribution < -0.4 is 9.47 Å². The van der Waals surface area contributed by atoms with Crippen LogP contribution in [0, 0.1) is 6.92 Å². The Kier molecular flexibility index (Phi) is 3.07. The summed E-state index contributed by atoms with van der Waals surface area (Å²) >= 11 is 0. The maximum atomic E-state index is 5.60. The minimum absolute atomic E-state index is 0.597. The van der Waals surface area contributed by atoms with Crippen LogP contribution in [0.2, 0.25) is 0 Å². The van der Waals surface area contributed by atoms with E-state index in [1.54, 1.807) is 0 Å². The van der Waals surface area contributed by atoms with E-state index in [1.165, 1.54) is 0 Å². The van der Waals surface area contributed by atoms with E-state index in [0.29, 0.717) is 13.2 Å². The van der Waals surface area contributed by atoms with Gasteiger partial charge >= 0.3 is 0 Å². The van der Waals surface area contributed by atoms with E-state index in [4.69, 9.17) is 9.47 Å². The summed E-state index contributed by atoms with van der Waals surface area (Å²) in [6.07, 6.45) is 0.904. The SMILES string of the molecule is CCc1cc(-c2ccc3c(c2)OCCO3)nc(C)n1. The average molecular weight is 256 g/mol. The van der Waals surface area contributed by atoms with E-state index in [9.17, 15) is 0 Å². The Hall–Kier alpha value is -2.10. The molecule has 19 heavy (non-hydrogen) atoms. The lowest BCUT2D eigenvalue weighted by molar-refractivity contribution is 0.171. The lowest BCUT2D eigenvalue weighted by atomic mass is 10.1. The van der Waals surface area contributed by atoms with Gasteiger partial charge in [-0.05, 0) is 37.6 Å². The van der Waals surface area contributed by atoms with Crippen molar-refractivity contribution in [2.75, 3.05) is 13.2 Å². The molecule has 0 spiro atoms. The standard InChI is InChI=1S/C15H16N2O2/c1-3-12-9-13(17-10(2)16-12)11-4-5-14-15(8-11)19-7-6-18-14/h4-5,8-9H,3,6-7H2,1-2H3. The van der Waals surface area contributed by atoms with Gasteiger partial charge in [0.2, 0.25) is 0 Å². The Morgan fingerprint density at radius 3 is 2.63 bits per heavy atom. The topological polar surface area (TPSA) is 44.2 Å². The highest BCUT2D eigenvalue weighted by Gasteiger charge is 2.13. The quantitative estimate of drug-likeness (QED) is 0.828. The Morgan fingerprint density at radius 2 is 1.84 bits per heavy atom. The summed E-state index contributed by atoms with van der Waals surface area (Å²) in [6.45, 7) is 5.22. The van der Waals surface area contributed by atoms with Crippen LogP contribution in [0.3, 0.4) is 0 Å². The molecule has 2 heterocycles. The summed E-state index contributed by atoms with van der Waals surface area (Å²) in [5, 5.41) is 0. The molecule has 3 rings (SSSR count). The summed E-state index contributed by atoms with van der Waals surface area (Å²) in [5.74, 6) is 2.39. The fourth-order valence-corrected chi connectivity index (χ4v) is 2.16. The number of nitrogens with zero attached hydrogens (tertiary/aromatic N) is 2. The second-order valence-corrected chi connectivity index (χ2v) is 4.50. The van der Waals surface area contributed by atoms with Crippen molar-refractivity contribution in [2.45, 2.75) is 20.3 Å². The summed E-state index contributed by atoms with van der Waals surface area (Å²) in [6, 6.07) is 7.95. The smallest absolute Gasteiger partial charge is 0.162 e. The Labute approximate surface area is 112 Å². The number of hydrogen-bond acceptors (Lipinski definition) is 4. The minimum atomic E-state index is 0.597. The van der Waals surface area contributed by atoms with Gasteiger partial charge in [-0.1, -0.05) is 6.92 Å². The summed E-state index contributed by atoms with van der Waals surface area (Å²) in [5.41, 5.74) is 3.02. The van der Waals surface area contributed by atoms with Gasteiger partial charge in [-0.15, -0.1) is 0 Å². The van der Waals surface area contributed by atoms with Gasteiger partial charge in [-0.2, -0.15) is 0 Å². The number of aryl methyl sites for hydroxylation is 2. The predicted octanol–water partition coefficient (Wildman–Crippen LogP) is 2.79. The molecule has 0 radical (unpaired) electrons. The molecular weight excluding hydrogens is 240 g/mol. The number of aromatic nitrogens is 2. The van der Waals surface area contributed by atoms with Crippen LogP contribution in [-0.2, 0) is 6.42 Å². The van der Waals surface area contributed by atoms with Gasteiger partial charge in [0.25, 0.3) is 0 Å². The van der Waals surface area contributed by atoms with Crippen LogP contribution in [0.1, 0.15) is 18.4 Å². The highest BCUT2D eigenvalue weighted by atomic mass is 16.6. The number of hydrogen-bond donors (Lipinski definition) is 0. The molecule has 0 aliphatic carbocycles. The van der Waals surface area contributed by atoms with E-state index in [0.717, 1.165) is 40.7 Å². The van der Waals surface area contributed by atoms with Crippen molar-refractivity contribution in [1.82, 2.24) is 9.97 Å². The van der Waals surface area contributed by atoms with Gasteiger partial charge in [0.15, 0.2) is 11.5 Å². The molecule has 1 aliphatic heterocycles. The summed E-state index contributed by atoms with van der Waals surface area (Å²) < 4.78 is 11.1. The van der Waals surface area contributed by atoms with Crippen molar-refractivity contribution < 1.29 is 9.47 Å². The Morgan fingerprint density at radius 1 is 1.05 bits per heavy atom. The van der Waals surface area contributed by atoms with Crippen LogP contribution in [0.15, 0.2) is 24.3 Å². The van der Waals surface area contributed by atoms with Crippen molar-refractivity contribution in [3.05, 3.63) is 35.8 Å². The van der Waals surface area contributed by atoms with E-state index in [1.807, 2.05) is 31.2 Å². The Balaban J connectivity index is 2.04. The predicted molar refractivity (Wildman–Crippen MR) is 72.6 cm³/mol. The molecule has 0 atom stereocenters. The van der Waals surface area contributed by atoms with Gasteiger partial charge in [-0.25, -0.2) is 9.97 Å². The minimum Gasteiger partial charge on any atom is -0.486 e. The lowest BCUT2D eigenvalue weighted by Gasteiger charge is -2.18. The molecule has 0 saturated heterocycles. The zero-order valence-corrected chi connectivity index (χ0v) is 11.1. The molecule has 0 amide bonds. The average Bonchev–Trinajstić information content (AvgIpc) is 2.46. The maximum Gasteiger partial charge on any atom is 0.162 e. The maximum absolute atomic E-state index is 5.60. The van der Waals surface area contributed by atoms with E-state index in [-0.39, 0.29) is 0 Å². The van der Waals surface area contributed by atoms with E-state index < -0.39 is 0 Å². The van der Waals surface area contributed by atoms with Crippen LogP contribution in [0.25, 0.3) is 11.3 Å². The highest BCUT2D eigenvalue weighted by molar-refractivity contribution is 5.64. The molecular formula is C15H16N2O2. The second kappa shape index (κ2) is 4.88. The van der Waals surface area contributed by atoms with Gasteiger partial charge < -0.3 is 9.47 Å². The molecule has 4 heteroatoms. The van der Waals surface area contributed by atoms with Crippen molar-refractivity contribution in [3.63, 3.8) is 0 Å². The zero-order valence-electron chi connectivity index (χ0n) is 11.1. The molecule has 4 nitrogen and oxygen atoms in total. The number of fused-ring (bicyclic) bond motifs is 1. The molecule has 1 aromatic carbocycles. The van der Waals surface area contributed by atoms with Crippen molar-refractivity contribution in [3.8, 4) is 22.8 Å². The summed E-state index contributed by atoms with van der Waals surface area (Å²) in [4.78, 5) is 8.89. The first-order valence-electron chi connectivity index (χ1n) is 6.51. The Bertz CT molecular complexity index is 611. The first-order valence-corrected chi connectivity index (χ1v) is 6.51. The zero-order chi connectivity index (χ0) is 13.2. The van der Waals surface area contributed by atoms with Crippen molar-refractivity contribution in [2.24, 2.45) is 0 Å².